The number of para-hydroxylation sites is 1. The summed E-state index contributed by atoms with van der Waals surface area (Å²) >= 11 is 3.04. The summed E-state index contributed by atoms with van der Waals surface area (Å²) in [5, 5.41) is 5.24. The zero-order chi connectivity index (χ0) is 15.7. The predicted molar refractivity (Wildman–Crippen MR) is 91.6 cm³/mol. The lowest BCUT2D eigenvalue weighted by Crippen LogP contribution is -2.15. The Morgan fingerprint density at radius 2 is 2.14 bits per heavy atom. The first kappa shape index (κ1) is 15.1. The van der Waals surface area contributed by atoms with Gasteiger partial charge in [0, 0.05) is 28.3 Å². The number of aromatic nitrogens is 3. The monoisotopic (exact) mass is 332 g/mol. The molecule has 5 nitrogen and oxygen atoms in total. The number of hydrogen-bond acceptors (Lipinski definition) is 6. The second-order valence-electron chi connectivity index (χ2n) is 5.20. The van der Waals surface area contributed by atoms with E-state index in [2.05, 4.69) is 23.9 Å². The van der Waals surface area contributed by atoms with E-state index >= 15 is 0 Å². The highest BCUT2D eigenvalue weighted by Crippen LogP contribution is 2.27. The number of fused-ring (bicyclic) bond motifs is 1. The first-order chi connectivity index (χ1) is 10.5. The molecule has 0 radical (unpaired) electrons. The molecule has 0 unspecified atom stereocenters. The maximum atomic E-state index is 12.1. The Bertz CT molecular complexity index is 869. The average Bonchev–Trinajstić information content (AvgIpc) is 2.91. The molecule has 0 saturated heterocycles. The van der Waals surface area contributed by atoms with Crippen LogP contribution in [0.5, 0.6) is 0 Å². The number of thioether (sulfide) groups is 1. The Morgan fingerprint density at radius 1 is 1.36 bits per heavy atom. The summed E-state index contributed by atoms with van der Waals surface area (Å²) in [7, 11) is 0. The first-order valence-electron chi connectivity index (χ1n) is 6.91. The molecule has 2 N–H and O–H groups in total. The van der Waals surface area contributed by atoms with Crippen molar-refractivity contribution in [2.45, 2.75) is 30.4 Å². The fourth-order valence-corrected chi connectivity index (χ4v) is 3.73. The third kappa shape index (κ3) is 3.00. The molecule has 2 aromatic heterocycles. The highest BCUT2D eigenvalue weighted by atomic mass is 32.2. The van der Waals surface area contributed by atoms with Gasteiger partial charge in [0.15, 0.2) is 0 Å². The molecule has 0 aliphatic rings. The van der Waals surface area contributed by atoms with E-state index in [0.29, 0.717) is 10.7 Å². The molecule has 7 heteroatoms. The van der Waals surface area contributed by atoms with Gasteiger partial charge in [-0.05, 0) is 12.1 Å². The maximum absolute atomic E-state index is 12.1. The van der Waals surface area contributed by atoms with Crippen LogP contribution in [0.15, 0.2) is 40.0 Å². The number of nitrogens with zero attached hydrogens (tertiary/aromatic N) is 3. The smallest absolute Gasteiger partial charge is 0.275 e. The van der Waals surface area contributed by atoms with E-state index in [9.17, 15) is 4.79 Å². The fourth-order valence-electron chi connectivity index (χ4n) is 1.94. The SMILES string of the molecule is CC(C)c1nn2c(=O)cc(CSc3ccccc3N)nc2s1. The molecule has 0 aliphatic heterocycles. The Kier molecular flexibility index (Phi) is 4.17. The van der Waals surface area contributed by atoms with E-state index in [0.717, 1.165) is 21.3 Å². The number of benzene rings is 1. The van der Waals surface area contributed by atoms with Gasteiger partial charge in [-0.1, -0.05) is 37.3 Å². The maximum Gasteiger partial charge on any atom is 0.275 e. The number of nitrogen functional groups attached to an aromatic ring is 1. The third-order valence-corrected chi connectivity index (χ3v) is 5.43. The van der Waals surface area contributed by atoms with Gasteiger partial charge < -0.3 is 5.73 Å². The minimum absolute atomic E-state index is 0.134. The summed E-state index contributed by atoms with van der Waals surface area (Å²) in [4.78, 5) is 18.3. The van der Waals surface area contributed by atoms with Crippen molar-refractivity contribution in [2.75, 3.05) is 5.73 Å². The first-order valence-corrected chi connectivity index (χ1v) is 8.72. The van der Waals surface area contributed by atoms with Gasteiger partial charge >= 0.3 is 0 Å². The third-order valence-electron chi connectivity index (χ3n) is 3.10. The van der Waals surface area contributed by atoms with Crippen LogP contribution < -0.4 is 11.3 Å². The minimum atomic E-state index is -0.134. The number of anilines is 1. The van der Waals surface area contributed by atoms with Crippen LogP contribution in [-0.4, -0.2) is 14.6 Å². The molecule has 0 aliphatic carbocycles. The van der Waals surface area contributed by atoms with Crippen LogP contribution in [0.4, 0.5) is 5.69 Å². The minimum Gasteiger partial charge on any atom is -0.398 e. The summed E-state index contributed by atoms with van der Waals surface area (Å²) in [5.41, 5.74) is 7.28. The molecule has 0 fully saturated rings. The molecule has 3 aromatic rings. The van der Waals surface area contributed by atoms with Crippen molar-refractivity contribution in [3.05, 3.63) is 51.4 Å². The lowest BCUT2D eigenvalue weighted by molar-refractivity contribution is 0.782. The van der Waals surface area contributed by atoms with E-state index in [1.165, 1.54) is 15.9 Å². The number of rotatable bonds is 4. The van der Waals surface area contributed by atoms with E-state index in [1.807, 2.05) is 24.3 Å². The van der Waals surface area contributed by atoms with Crippen LogP contribution in [0.2, 0.25) is 0 Å². The Morgan fingerprint density at radius 3 is 2.86 bits per heavy atom. The molecule has 22 heavy (non-hydrogen) atoms. The second kappa shape index (κ2) is 6.10. The zero-order valence-electron chi connectivity index (χ0n) is 12.3. The predicted octanol–water partition coefficient (Wildman–Crippen LogP) is 3.15. The number of hydrogen-bond donors (Lipinski definition) is 1. The van der Waals surface area contributed by atoms with E-state index in [-0.39, 0.29) is 11.5 Å². The van der Waals surface area contributed by atoms with Crippen molar-refractivity contribution in [3.63, 3.8) is 0 Å². The van der Waals surface area contributed by atoms with Crippen molar-refractivity contribution in [1.29, 1.82) is 0 Å². The Hall–Kier alpha value is -1.86. The van der Waals surface area contributed by atoms with Gasteiger partial charge in [-0.25, -0.2) is 4.98 Å². The van der Waals surface area contributed by atoms with E-state index < -0.39 is 0 Å². The van der Waals surface area contributed by atoms with Crippen LogP contribution in [0, 0.1) is 0 Å². The Labute approximate surface area is 136 Å². The summed E-state index contributed by atoms with van der Waals surface area (Å²) in [6, 6.07) is 9.23. The molecular formula is C15H16N4OS2. The number of nitrogens with two attached hydrogens (primary N) is 1. The molecule has 3 rings (SSSR count). The standard InChI is InChI=1S/C15H16N4OS2/c1-9(2)14-18-19-13(20)7-10(17-15(19)22-14)8-21-12-6-4-3-5-11(12)16/h3-7,9H,8,16H2,1-2H3. The molecule has 0 atom stereocenters. The van der Waals surface area contributed by atoms with Crippen LogP contribution in [0.1, 0.15) is 30.5 Å². The van der Waals surface area contributed by atoms with Crippen molar-refractivity contribution in [2.24, 2.45) is 0 Å². The van der Waals surface area contributed by atoms with Gasteiger partial charge in [0.1, 0.15) is 5.01 Å². The van der Waals surface area contributed by atoms with Gasteiger partial charge in [-0.15, -0.1) is 11.8 Å². The van der Waals surface area contributed by atoms with E-state index in [4.69, 9.17) is 5.73 Å². The normalized spacial score (nSPS) is 11.4. The lowest BCUT2D eigenvalue weighted by Gasteiger charge is -2.04. The topological polar surface area (TPSA) is 73.3 Å². The quantitative estimate of drug-likeness (QED) is 0.587. The van der Waals surface area contributed by atoms with Crippen LogP contribution in [0.25, 0.3) is 4.96 Å². The van der Waals surface area contributed by atoms with E-state index in [1.54, 1.807) is 17.8 Å². The zero-order valence-corrected chi connectivity index (χ0v) is 13.9. The fraction of sp³-hybridized carbons (Fsp3) is 0.267. The van der Waals surface area contributed by atoms with Crippen molar-refractivity contribution in [3.8, 4) is 0 Å². The second-order valence-corrected chi connectivity index (χ2v) is 7.21. The molecule has 2 heterocycles. The van der Waals surface area contributed by atoms with Crippen LogP contribution in [0.3, 0.4) is 0 Å². The average molecular weight is 332 g/mol. The largest absolute Gasteiger partial charge is 0.398 e. The molecule has 0 amide bonds. The highest BCUT2D eigenvalue weighted by Gasteiger charge is 2.11. The van der Waals surface area contributed by atoms with Gasteiger partial charge in [0.2, 0.25) is 4.96 Å². The molecule has 114 valence electrons. The summed E-state index contributed by atoms with van der Waals surface area (Å²) < 4.78 is 1.38. The van der Waals surface area contributed by atoms with Crippen molar-refractivity contribution >= 4 is 33.7 Å². The highest BCUT2D eigenvalue weighted by molar-refractivity contribution is 7.98. The van der Waals surface area contributed by atoms with Gasteiger partial charge in [0.25, 0.3) is 5.56 Å². The summed E-state index contributed by atoms with van der Waals surface area (Å²) in [6.45, 7) is 4.11. The van der Waals surface area contributed by atoms with Gasteiger partial charge in [0.05, 0.1) is 5.69 Å². The molecular weight excluding hydrogens is 316 g/mol. The summed E-state index contributed by atoms with van der Waals surface area (Å²) in [6.07, 6.45) is 0. The lowest BCUT2D eigenvalue weighted by atomic mass is 10.2. The molecule has 0 spiro atoms. The summed E-state index contributed by atoms with van der Waals surface area (Å²) in [5.74, 6) is 0.891. The van der Waals surface area contributed by atoms with Gasteiger partial charge in [-0.2, -0.15) is 9.61 Å². The molecule has 0 bridgehead atoms. The van der Waals surface area contributed by atoms with Crippen molar-refractivity contribution < 1.29 is 0 Å². The molecule has 0 saturated carbocycles. The van der Waals surface area contributed by atoms with Crippen molar-refractivity contribution in [1.82, 2.24) is 14.6 Å². The Balaban J connectivity index is 1.88. The van der Waals surface area contributed by atoms with Gasteiger partial charge in [-0.3, -0.25) is 4.79 Å². The van der Waals surface area contributed by atoms with Crippen LogP contribution >= 0.6 is 23.1 Å². The molecule has 1 aromatic carbocycles. The van der Waals surface area contributed by atoms with Crippen LogP contribution in [-0.2, 0) is 5.75 Å².